The average molecular weight is 248 g/mol. The van der Waals surface area contributed by atoms with Crippen LogP contribution in [0.2, 0.25) is 0 Å². The lowest BCUT2D eigenvalue weighted by atomic mass is 10.1. The summed E-state index contributed by atoms with van der Waals surface area (Å²) >= 11 is 0. The minimum atomic E-state index is 0.110. The number of nitrogens with two attached hydrogens (primary N) is 1. The third-order valence-corrected chi connectivity index (χ3v) is 3.08. The zero-order valence-corrected chi connectivity index (χ0v) is 10.9. The second-order valence-corrected chi connectivity index (χ2v) is 4.98. The van der Waals surface area contributed by atoms with Crippen LogP contribution in [-0.4, -0.2) is 36.1 Å². The largest absolute Gasteiger partial charge is 0.399 e. The minimum Gasteiger partial charge on any atom is -0.399 e. The standard InChI is InChI=1S/C14H20N2O2/c1-10-8-16(9-11(2)18-10)14(17)7-12-4-3-5-13(15)6-12/h3-6,10-11H,7-9,15H2,1-2H3/t10-,11-/m0/s1. The van der Waals surface area contributed by atoms with Crippen LogP contribution in [0.4, 0.5) is 5.69 Å². The lowest BCUT2D eigenvalue weighted by Gasteiger charge is -2.35. The molecule has 0 bridgehead atoms. The molecule has 2 rings (SSSR count). The molecule has 18 heavy (non-hydrogen) atoms. The van der Waals surface area contributed by atoms with Gasteiger partial charge in [-0.2, -0.15) is 0 Å². The molecule has 2 N–H and O–H groups in total. The van der Waals surface area contributed by atoms with Gasteiger partial charge in [0, 0.05) is 18.8 Å². The summed E-state index contributed by atoms with van der Waals surface area (Å²) in [6.45, 7) is 5.34. The number of nitrogens with zero attached hydrogens (tertiary/aromatic N) is 1. The van der Waals surface area contributed by atoms with E-state index in [4.69, 9.17) is 10.5 Å². The number of hydrogen-bond acceptors (Lipinski definition) is 3. The quantitative estimate of drug-likeness (QED) is 0.806. The number of anilines is 1. The molecule has 1 aromatic carbocycles. The van der Waals surface area contributed by atoms with Gasteiger partial charge in [-0.05, 0) is 31.5 Å². The number of nitrogen functional groups attached to an aromatic ring is 1. The lowest BCUT2D eigenvalue weighted by Crippen LogP contribution is -2.48. The molecule has 98 valence electrons. The Morgan fingerprint density at radius 2 is 2.06 bits per heavy atom. The zero-order chi connectivity index (χ0) is 13.1. The summed E-state index contributed by atoms with van der Waals surface area (Å²) in [4.78, 5) is 14.1. The molecule has 2 atom stereocenters. The lowest BCUT2D eigenvalue weighted by molar-refractivity contribution is -0.142. The fourth-order valence-corrected chi connectivity index (χ4v) is 2.37. The molecule has 0 radical (unpaired) electrons. The van der Waals surface area contributed by atoms with Crippen molar-refractivity contribution in [1.82, 2.24) is 4.90 Å². The van der Waals surface area contributed by atoms with E-state index in [1.54, 1.807) is 0 Å². The molecule has 1 aromatic rings. The second-order valence-electron chi connectivity index (χ2n) is 4.98. The maximum atomic E-state index is 12.2. The van der Waals surface area contributed by atoms with Gasteiger partial charge < -0.3 is 15.4 Å². The highest BCUT2D eigenvalue weighted by atomic mass is 16.5. The van der Waals surface area contributed by atoms with Crippen molar-refractivity contribution in [1.29, 1.82) is 0 Å². The first-order chi connectivity index (χ1) is 8.54. The number of hydrogen-bond donors (Lipinski definition) is 1. The number of carbonyl (C=O) groups is 1. The van der Waals surface area contributed by atoms with Crippen LogP contribution in [0.15, 0.2) is 24.3 Å². The fourth-order valence-electron chi connectivity index (χ4n) is 2.37. The predicted octanol–water partition coefficient (Wildman–Crippen LogP) is 1.45. The zero-order valence-electron chi connectivity index (χ0n) is 10.9. The van der Waals surface area contributed by atoms with E-state index < -0.39 is 0 Å². The Kier molecular flexibility index (Phi) is 3.87. The smallest absolute Gasteiger partial charge is 0.227 e. The summed E-state index contributed by atoms with van der Waals surface area (Å²) in [5.41, 5.74) is 7.37. The van der Waals surface area contributed by atoms with Gasteiger partial charge in [-0.1, -0.05) is 12.1 Å². The highest BCUT2D eigenvalue weighted by molar-refractivity contribution is 5.79. The van der Waals surface area contributed by atoms with Crippen LogP contribution in [0, 0.1) is 0 Å². The van der Waals surface area contributed by atoms with Crippen molar-refractivity contribution in [2.75, 3.05) is 18.8 Å². The molecular weight excluding hydrogens is 228 g/mol. The monoisotopic (exact) mass is 248 g/mol. The van der Waals surface area contributed by atoms with Crippen molar-refractivity contribution in [3.8, 4) is 0 Å². The summed E-state index contributed by atoms with van der Waals surface area (Å²) in [5, 5.41) is 0. The summed E-state index contributed by atoms with van der Waals surface area (Å²) < 4.78 is 5.62. The van der Waals surface area contributed by atoms with Crippen LogP contribution in [0.1, 0.15) is 19.4 Å². The Labute approximate surface area is 108 Å². The van der Waals surface area contributed by atoms with Crippen LogP contribution in [-0.2, 0) is 16.0 Å². The van der Waals surface area contributed by atoms with Gasteiger partial charge in [0.1, 0.15) is 0 Å². The van der Waals surface area contributed by atoms with Gasteiger partial charge in [-0.3, -0.25) is 4.79 Å². The SMILES string of the molecule is C[C@H]1CN(C(=O)Cc2cccc(N)c2)C[C@H](C)O1. The number of ether oxygens (including phenoxy) is 1. The van der Waals surface area contributed by atoms with Crippen molar-refractivity contribution in [3.63, 3.8) is 0 Å². The molecular formula is C14H20N2O2. The van der Waals surface area contributed by atoms with Crippen LogP contribution in [0.5, 0.6) is 0 Å². The summed E-state index contributed by atoms with van der Waals surface area (Å²) in [5.74, 6) is 0.141. The summed E-state index contributed by atoms with van der Waals surface area (Å²) in [6.07, 6.45) is 0.627. The van der Waals surface area contributed by atoms with E-state index in [0.29, 0.717) is 25.2 Å². The highest BCUT2D eigenvalue weighted by Crippen LogP contribution is 2.13. The summed E-state index contributed by atoms with van der Waals surface area (Å²) in [7, 11) is 0. The van der Waals surface area contributed by atoms with Crippen molar-refractivity contribution >= 4 is 11.6 Å². The molecule has 4 heteroatoms. The normalized spacial score (nSPS) is 24.0. The predicted molar refractivity (Wildman–Crippen MR) is 71.1 cm³/mol. The topological polar surface area (TPSA) is 55.6 Å². The summed E-state index contributed by atoms with van der Waals surface area (Å²) in [6, 6.07) is 7.49. The Morgan fingerprint density at radius 1 is 1.39 bits per heavy atom. The molecule has 0 spiro atoms. The average Bonchev–Trinajstić information content (AvgIpc) is 2.27. The molecule has 4 nitrogen and oxygen atoms in total. The highest BCUT2D eigenvalue weighted by Gasteiger charge is 2.25. The van der Waals surface area contributed by atoms with Gasteiger partial charge in [0.15, 0.2) is 0 Å². The first-order valence-corrected chi connectivity index (χ1v) is 6.32. The number of morpholine rings is 1. The molecule has 0 saturated carbocycles. The minimum absolute atomic E-state index is 0.110. The molecule has 0 aliphatic carbocycles. The number of amides is 1. The third-order valence-electron chi connectivity index (χ3n) is 3.08. The molecule has 1 heterocycles. The van der Waals surface area contributed by atoms with Gasteiger partial charge in [-0.15, -0.1) is 0 Å². The van der Waals surface area contributed by atoms with Crippen molar-refractivity contribution < 1.29 is 9.53 Å². The maximum absolute atomic E-state index is 12.2. The maximum Gasteiger partial charge on any atom is 0.227 e. The van der Waals surface area contributed by atoms with Gasteiger partial charge >= 0.3 is 0 Å². The molecule has 1 aliphatic heterocycles. The fraction of sp³-hybridized carbons (Fsp3) is 0.500. The van der Waals surface area contributed by atoms with E-state index in [1.807, 2.05) is 43.0 Å². The molecule has 1 fully saturated rings. The number of benzene rings is 1. The molecule has 1 aliphatic rings. The van der Waals surface area contributed by atoms with E-state index in [0.717, 1.165) is 5.56 Å². The van der Waals surface area contributed by atoms with E-state index in [-0.39, 0.29) is 18.1 Å². The number of carbonyl (C=O) groups excluding carboxylic acids is 1. The van der Waals surface area contributed by atoms with Crippen molar-refractivity contribution in [2.45, 2.75) is 32.5 Å². The van der Waals surface area contributed by atoms with E-state index in [1.165, 1.54) is 0 Å². The number of rotatable bonds is 2. The van der Waals surface area contributed by atoms with Crippen LogP contribution in [0.25, 0.3) is 0 Å². The second kappa shape index (κ2) is 5.40. The first kappa shape index (κ1) is 12.9. The van der Waals surface area contributed by atoms with E-state index in [2.05, 4.69) is 0 Å². The van der Waals surface area contributed by atoms with Crippen LogP contribution < -0.4 is 5.73 Å². The molecule has 0 aromatic heterocycles. The Morgan fingerprint density at radius 3 is 2.67 bits per heavy atom. The Balaban J connectivity index is 1.99. The van der Waals surface area contributed by atoms with Crippen molar-refractivity contribution in [2.24, 2.45) is 0 Å². The first-order valence-electron chi connectivity index (χ1n) is 6.32. The van der Waals surface area contributed by atoms with Gasteiger partial charge in [0.2, 0.25) is 5.91 Å². The van der Waals surface area contributed by atoms with Gasteiger partial charge in [0.25, 0.3) is 0 Å². The third kappa shape index (κ3) is 3.23. The molecule has 1 saturated heterocycles. The Bertz CT molecular complexity index is 424. The molecule has 0 unspecified atom stereocenters. The van der Waals surface area contributed by atoms with Gasteiger partial charge in [0.05, 0.1) is 18.6 Å². The van der Waals surface area contributed by atoms with Gasteiger partial charge in [-0.25, -0.2) is 0 Å². The van der Waals surface area contributed by atoms with Crippen molar-refractivity contribution in [3.05, 3.63) is 29.8 Å². The van der Waals surface area contributed by atoms with Crippen LogP contribution >= 0.6 is 0 Å². The van der Waals surface area contributed by atoms with E-state index in [9.17, 15) is 4.79 Å². The molecule has 1 amide bonds. The Hall–Kier alpha value is -1.55. The van der Waals surface area contributed by atoms with E-state index >= 15 is 0 Å². The van der Waals surface area contributed by atoms with Crippen LogP contribution in [0.3, 0.4) is 0 Å².